The van der Waals surface area contributed by atoms with Gasteiger partial charge in [-0.3, -0.25) is 0 Å². The van der Waals surface area contributed by atoms with Gasteiger partial charge in [0, 0.05) is 18.0 Å². The molecule has 18 heavy (non-hydrogen) atoms. The van der Waals surface area contributed by atoms with E-state index in [0.29, 0.717) is 12.1 Å². The van der Waals surface area contributed by atoms with Crippen molar-refractivity contribution in [3.8, 4) is 0 Å². The van der Waals surface area contributed by atoms with Gasteiger partial charge in [-0.2, -0.15) is 0 Å². The van der Waals surface area contributed by atoms with E-state index in [4.69, 9.17) is 9.72 Å². The second-order valence-corrected chi connectivity index (χ2v) is 6.20. The number of thiazole rings is 1. The molecule has 1 aromatic heterocycles. The molecule has 2 heterocycles. The average molecular weight is 267 g/mol. The molecule has 0 bridgehead atoms. The van der Waals surface area contributed by atoms with E-state index in [0.717, 1.165) is 19.7 Å². The summed E-state index contributed by atoms with van der Waals surface area (Å²) >= 11 is 1.84. The van der Waals surface area contributed by atoms with Crippen LogP contribution in [0.5, 0.6) is 0 Å². The van der Waals surface area contributed by atoms with Crippen molar-refractivity contribution in [2.24, 2.45) is 0 Å². The zero-order valence-electron chi connectivity index (χ0n) is 11.1. The van der Waals surface area contributed by atoms with Crippen LogP contribution in [0.3, 0.4) is 0 Å². The molecule has 1 N–H and O–H groups in total. The summed E-state index contributed by atoms with van der Waals surface area (Å²) in [6, 6.07) is 0.562. The minimum Gasteiger partial charge on any atom is -0.374 e. The van der Waals surface area contributed by atoms with Gasteiger partial charge >= 0.3 is 0 Å². The SMILES string of the molecule is CNCc1sc(N2CCOC3CCCC32)nc1C. The van der Waals surface area contributed by atoms with Crippen molar-refractivity contribution in [2.45, 2.75) is 44.9 Å². The number of aryl methyl sites for hydroxylation is 1. The summed E-state index contributed by atoms with van der Waals surface area (Å²) < 4.78 is 5.86. The summed E-state index contributed by atoms with van der Waals surface area (Å²) in [7, 11) is 1.99. The number of ether oxygens (including phenoxy) is 1. The van der Waals surface area contributed by atoms with Crippen molar-refractivity contribution >= 4 is 16.5 Å². The summed E-state index contributed by atoms with van der Waals surface area (Å²) in [5.41, 5.74) is 1.17. The number of aromatic nitrogens is 1. The first-order chi connectivity index (χ1) is 8.79. The summed E-state index contributed by atoms with van der Waals surface area (Å²) in [6.07, 6.45) is 4.20. The van der Waals surface area contributed by atoms with Crippen LogP contribution in [0.1, 0.15) is 29.8 Å². The minimum atomic E-state index is 0.440. The van der Waals surface area contributed by atoms with Crippen LogP contribution in [0, 0.1) is 6.92 Å². The highest BCUT2D eigenvalue weighted by molar-refractivity contribution is 7.15. The molecule has 0 aromatic carbocycles. The Morgan fingerprint density at radius 2 is 2.39 bits per heavy atom. The number of hydrogen-bond donors (Lipinski definition) is 1. The Morgan fingerprint density at radius 3 is 3.22 bits per heavy atom. The lowest BCUT2D eigenvalue weighted by Crippen LogP contribution is -2.48. The van der Waals surface area contributed by atoms with Crippen molar-refractivity contribution in [1.29, 1.82) is 0 Å². The van der Waals surface area contributed by atoms with Gasteiger partial charge in [-0.05, 0) is 33.2 Å². The normalized spacial score (nSPS) is 27.6. The van der Waals surface area contributed by atoms with Gasteiger partial charge in [0.2, 0.25) is 0 Å². The van der Waals surface area contributed by atoms with E-state index >= 15 is 0 Å². The Kier molecular flexibility index (Phi) is 3.54. The Hall–Kier alpha value is -0.650. The summed E-state index contributed by atoms with van der Waals surface area (Å²) in [5, 5.41) is 4.41. The number of fused-ring (bicyclic) bond motifs is 1. The lowest BCUT2D eigenvalue weighted by molar-refractivity contribution is 0.0256. The van der Waals surface area contributed by atoms with E-state index in [1.54, 1.807) is 0 Å². The third-order valence-corrected chi connectivity index (χ3v) is 5.14. The Bertz CT molecular complexity index is 420. The molecule has 0 spiro atoms. The molecule has 2 fully saturated rings. The first-order valence-corrected chi connectivity index (χ1v) is 7.60. The maximum absolute atomic E-state index is 5.86. The number of morpholine rings is 1. The second kappa shape index (κ2) is 5.15. The Balaban J connectivity index is 1.82. The number of nitrogens with one attached hydrogen (secondary N) is 1. The lowest BCUT2D eigenvalue weighted by Gasteiger charge is -2.37. The fourth-order valence-corrected chi connectivity index (χ4v) is 4.18. The molecule has 1 saturated carbocycles. The molecule has 100 valence electrons. The van der Waals surface area contributed by atoms with Crippen LogP contribution < -0.4 is 10.2 Å². The fourth-order valence-electron chi connectivity index (χ4n) is 3.02. The van der Waals surface area contributed by atoms with Gasteiger partial charge in [-0.15, -0.1) is 11.3 Å². The van der Waals surface area contributed by atoms with Crippen LogP contribution in [0.15, 0.2) is 0 Å². The topological polar surface area (TPSA) is 37.4 Å². The molecule has 2 aliphatic rings. The van der Waals surface area contributed by atoms with Gasteiger partial charge in [0.1, 0.15) is 0 Å². The lowest BCUT2D eigenvalue weighted by atomic mass is 10.1. The number of anilines is 1. The smallest absolute Gasteiger partial charge is 0.186 e. The fraction of sp³-hybridized carbons (Fsp3) is 0.769. The van der Waals surface area contributed by atoms with Crippen molar-refractivity contribution in [3.63, 3.8) is 0 Å². The van der Waals surface area contributed by atoms with Gasteiger partial charge in [0.25, 0.3) is 0 Å². The monoisotopic (exact) mass is 267 g/mol. The molecule has 0 radical (unpaired) electrons. The first kappa shape index (κ1) is 12.4. The summed E-state index contributed by atoms with van der Waals surface area (Å²) in [5.74, 6) is 0. The molecule has 1 aliphatic carbocycles. The maximum Gasteiger partial charge on any atom is 0.186 e. The van der Waals surface area contributed by atoms with Crippen LogP contribution in [-0.4, -0.2) is 37.3 Å². The van der Waals surface area contributed by atoms with Crippen LogP contribution in [-0.2, 0) is 11.3 Å². The molecule has 3 rings (SSSR count). The van der Waals surface area contributed by atoms with Gasteiger partial charge in [-0.1, -0.05) is 0 Å². The molecular formula is C13H21N3OS. The Morgan fingerprint density at radius 1 is 1.50 bits per heavy atom. The third-order valence-electron chi connectivity index (χ3n) is 3.95. The zero-order chi connectivity index (χ0) is 12.5. The number of nitrogens with zero attached hydrogens (tertiary/aromatic N) is 2. The number of rotatable bonds is 3. The quantitative estimate of drug-likeness (QED) is 0.908. The van der Waals surface area contributed by atoms with Crippen LogP contribution in [0.25, 0.3) is 0 Å². The molecule has 5 heteroatoms. The Labute approximate surface area is 112 Å². The van der Waals surface area contributed by atoms with Crippen molar-refractivity contribution in [2.75, 3.05) is 25.1 Å². The molecule has 1 saturated heterocycles. The third kappa shape index (κ3) is 2.15. The van der Waals surface area contributed by atoms with E-state index in [9.17, 15) is 0 Å². The zero-order valence-corrected chi connectivity index (χ0v) is 11.9. The van der Waals surface area contributed by atoms with Crippen molar-refractivity contribution in [3.05, 3.63) is 10.6 Å². The molecule has 2 unspecified atom stereocenters. The van der Waals surface area contributed by atoms with Gasteiger partial charge in [-0.25, -0.2) is 4.98 Å². The van der Waals surface area contributed by atoms with Crippen molar-refractivity contribution < 1.29 is 4.74 Å². The van der Waals surface area contributed by atoms with E-state index in [1.807, 2.05) is 18.4 Å². The van der Waals surface area contributed by atoms with Crippen molar-refractivity contribution in [1.82, 2.24) is 10.3 Å². The van der Waals surface area contributed by atoms with E-state index < -0.39 is 0 Å². The van der Waals surface area contributed by atoms with Crippen LogP contribution in [0.4, 0.5) is 5.13 Å². The van der Waals surface area contributed by atoms with Crippen LogP contribution >= 0.6 is 11.3 Å². The molecule has 2 atom stereocenters. The van der Waals surface area contributed by atoms with Gasteiger partial charge in [0.05, 0.1) is 24.4 Å². The highest BCUT2D eigenvalue weighted by Gasteiger charge is 2.37. The molecule has 4 nitrogen and oxygen atoms in total. The molecule has 1 aliphatic heterocycles. The average Bonchev–Trinajstić information content (AvgIpc) is 2.96. The van der Waals surface area contributed by atoms with E-state index in [1.165, 1.54) is 35.0 Å². The van der Waals surface area contributed by atoms with Gasteiger partial charge < -0.3 is 15.0 Å². The summed E-state index contributed by atoms with van der Waals surface area (Å²) in [4.78, 5) is 8.60. The van der Waals surface area contributed by atoms with Crippen LogP contribution in [0.2, 0.25) is 0 Å². The number of hydrogen-bond acceptors (Lipinski definition) is 5. The van der Waals surface area contributed by atoms with Gasteiger partial charge in [0.15, 0.2) is 5.13 Å². The first-order valence-electron chi connectivity index (χ1n) is 6.78. The summed E-state index contributed by atoms with van der Waals surface area (Å²) in [6.45, 7) is 4.87. The predicted molar refractivity (Wildman–Crippen MR) is 74.3 cm³/mol. The minimum absolute atomic E-state index is 0.440. The predicted octanol–water partition coefficient (Wildman–Crippen LogP) is 1.93. The second-order valence-electron chi connectivity index (χ2n) is 5.14. The molecule has 1 aromatic rings. The maximum atomic E-state index is 5.86. The standard InChI is InChI=1S/C13H21N3OS/c1-9-12(8-14-2)18-13(15-9)16-6-7-17-11-5-3-4-10(11)16/h10-11,14H,3-8H2,1-2H3. The highest BCUT2D eigenvalue weighted by Crippen LogP contribution is 2.35. The largest absolute Gasteiger partial charge is 0.374 e. The van der Waals surface area contributed by atoms with E-state index in [2.05, 4.69) is 17.1 Å². The highest BCUT2D eigenvalue weighted by atomic mass is 32.1. The molecular weight excluding hydrogens is 246 g/mol. The molecule has 0 amide bonds. The van der Waals surface area contributed by atoms with E-state index in [-0.39, 0.29) is 0 Å².